The van der Waals surface area contributed by atoms with Crippen LogP contribution >= 0.6 is 0 Å². The van der Waals surface area contributed by atoms with Crippen LogP contribution in [0.4, 0.5) is 11.5 Å². The molecule has 2 aromatic heterocycles. The van der Waals surface area contributed by atoms with Gasteiger partial charge in [0.05, 0.1) is 5.69 Å². The van der Waals surface area contributed by atoms with Crippen molar-refractivity contribution in [3.8, 4) is 11.1 Å². The van der Waals surface area contributed by atoms with Crippen LogP contribution in [0.1, 0.15) is 5.56 Å². The Balaban J connectivity index is 1.74. The van der Waals surface area contributed by atoms with Crippen LogP contribution in [0.5, 0.6) is 0 Å². The van der Waals surface area contributed by atoms with E-state index in [1.807, 2.05) is 56.0 Å². The fraction of sp³-hybridized carbons (Fsp3) is 0.111. The van der Waals surface area contributed by atoms with E-state index in [0.29, 0.717) is 0 Å². The Labute approximate surface area is 130 Å². The van der Waals surface area contributed by atoms with Gasteiger partial charge in [-0.05, 0) is 23.8 Å². The number of benzene rings is 1. The zero-order valence-corrected chi connectivity index (χ0v) is 12.5. The molecule has 0 aliphatic heterocycles. The van der Waals surface area contributed by atoms with E-state index in [1.54, 1.807) is 0 Å². The maximum absolute atomic E-state index is 4.34. The SMILES string of the molecule is CNc1ccc(-c2cncc(NCc3ccccc3)c2)cn1. The average Bonchev–Trinajstić information content (AvgIpc) is 2.61. The number of hydrogen-bond acceptors (Lipinski definition) is 4. The zero-order chi connectivity index (χ0) is 15.2. The molecule has 1 aromatic carbocycles. The first-order chi connectivity index (χ1) is 10.8. The minimum Gasteiger partial charge on any atom is -0.380 e. The summed E-state index contributed by atoms with van der Waals surface area (Å²) in [4.78, 5) is 8.65. The van der Waals surface area contributed by atoms with Gasteiger partial charge in [-0.2, -0.15) is 0 Å². The van der Waals surface area contributed by atoms with Crippen LogP contribution < -0.4 is 10.6 Å². The molecule has 0 fully saturated rings. The van der Waals surface area contributed by atoms with E-state index in [0.717, 1.165) is 29.2 Å². The smallest absolute Gasteiger partial charge is 0.125 e. The summed E-state index contributed by atoms with van der Waals surface area (Å²) < 4.78 is 0. The first kappa shape index (κ1) is 14.1. The second-order valence-electron chi connectivity index (χ2n) is 4.98. The highest BCUT2D eigenvalue weighted by Gasteiger charge is 2.01. The van der Waals surface area contributed by atoms with Crippen molar-refractivity contribution in [1.29, 1.82) is 0 Å². The van der Waals surface area contributed by atoms with Crippen molar-refractivity contribution in [2.24, 2.45) is 0 Å². The molecule has 4 heteroatoms. The number of nitrogens with zero attached hydrogens (tertiary/aromatic N) is 2. The first-order valence-electron chi connectivity index (χ1n) is 7.22. The average molecular weight is 290 g/mol. The molecule has 0 saturated carbocycles. The van der Waals surface area contributed by atoms with Gasteiger partial charge in [0, 0.05) is 43.3 Å². The summed E-state index contributed by atoms with van der Waals surface area (Å²) in [7, 11) is 1.86. The van der Waals surface area contributed by atoms with Crippen molar-refractivity contribution in [2.45, 2.75) is 6.54 Å². The van der Waals surface area contributed by atoms with Crippen molar-refractivity contribution < 1.29 is 0 Å². The zero-order valence-electron chi connectivity index (χ0n) is 12.5. The number of hydrogen-bond donors (Lipinski definition) is 2. The maximum Gasteiger partial charge on any atom is 0.125 e. The molecule has 0 amide bonds. The van der Waals surface area contributed by atoms with Crippen molar-refractivity contribution in [1.82, 2.24) is 9.97 Å². The minimum atomic E-state index is 0.781. The van der Waals surface area contributed by atoms with Gasteiger partial charge in [0.25, 0.3) is 0 Å². The molecule has 0 aliphatic carbocycles. The predicted octanol–water partition coefficient (Wildman–Crippen LogP) is 3.80. The van der Waals surface area contributed by atoms with Crippen LogP contribution in [0.3, 0.4) is 0 Å². The molecule has 0 aliphatic rings. The molecule has 0 bridgehead atoms. The highest BCUT2D eigenvalue weighted by molar-refractivity contribution is 5.66. The fourth-order valence-electron chi connectivity index (χ4n) is 2.21. The molecular formula is C18H18N4. The summed E-state index contributed by atoms with van der Waals surface area (Å²) in [5.74, 6) is 0.857. The molecule has 0 saturated heterocycles. The second-order valence-corrected chi connectivity index (χ2v) is 4.98. The third-order valence-electron chi connectivity index (χ3n) is 3.43. The molecule has 110 valence electrons. The van der Waals surface area contributed by atoms with Gasteiger partial charge >= 0.3 is 0 Å². The Hall–Kier alpha value is -2.88. The second kappa shape index (κ2) is 6.72. The molecule has 0 atom stereocenters. The Kier molecular flexibility index (Phi) is 4.30. The van der Waals surface area contributed by atoms with E-state index in [4.69, 9.17) is 0 Å². The topological polar surface area (TPSA) is 49.8 Å². The van der Waals surface area contributed by atoms with Crippen LogP contribution in [0.25, 0.3) is 11.1 Å². The lowest BCUT2D eigenvalue weighted by Gasteiger charge is -2.08. The van der Waals surface area contributed by atoms with Crippen LogP contribution in [0, 0.1) is 0 Å². The normalized spacial score (nSPS) is 10.2. The third-order valence-corrected chi connectivity index (χ3v) is 3.43. The monoisotopic (exact) mass is 290 g/mol. The molecular weight excluding hydrogens is 272 g/mol. The Morgan fingerprint density at radius 1 is 0.909 bits per heavy atom. The lowest BCUT2D eigenvalue weighted by atomic mass is 10.1. The van der Waals surface area contributed by atoms with E-state index in [2.05, 4.69) is 38.8 Å². The summed E-state index contributed by atoms with van der Waals surface area (Å²) in [6.07, 6.45) is 5.54. The molecule has 2 N–H and O–H groups in total. The van der Waals surface area contributed by atoms with Gasteiger partial charge in [0.15, 0.2) is 0 Å². The molecule has 22 heavy (non-hydrogen) atoms. The van der Waals surface area contributed by atoms with E-state index in [9.17, 15) is 0 Å². The Morgan fingerprint density at radius 2 is 1.77 bits per heavy atom. The predicted molar refractivity (Wildman–Crippen MR) is 90.8 cm³/mol. The van der Waals surface area contributed by atoms with Gasteiger partial charge in [0.2, 0.25) is 0 Å². The Bertz CT molecular complexity index is 724. The van der Waals surface area contributed by atoms with Crippen LogP contribution in [-0.2, 0) is 6.54 Å². The van der Waals surface area contributed by atoms with Gasteiger partial charge < -0.3 is 10.6 Å². The standard InChI is InChI=1S/C18H18N4/c1-19-18-8-7-15(12-22-18)16-9-17(13-20-11-16)21-10-14-5-3-2-4-6-14/h2-9,11-13,21H,10H2,1H3,(H,19,22). The van der Waals surface area contributed by atoms with Crippen molar-refractivity contribution in [2.75, 3.05) is 17.7 Å². The van der Waals surface area contributed by atoms with Crippen molar-refractivity contribution >= 4 is 11.5 Å². The van der Waals surface area contributed by atoms with E-state index >= 15 is 0 Å². The van der Waals surface area contributed by atoms with Crippen molar-refractivity contribution in [3.63, 3.8) is 0 Å². The molecule has 0 spiro atoms. The van der Waals surface area contributed by atoms with Crippen LogP contribution in [0.15, 0.2) is 67.1 Å². The molecule has 0 unspecified atom stereocenters. The van der Waals surface area contributed by atoms with E-state index in [-0.39, 0.29) is 0 Å². The summed E-state index contributed by atoms with van der Waals surface area (Å²) in [5, 5.41) is 6.41. The molecule has 0 radical (unpaired) electrons. The molecule has 3 aromatic rings. The lowest BCUT2D eigenvalue weighted by Crippen LogP contribution is -1.99. The van der Waals surface area contributed by atoms with Crippen LogP contribution in [0.2, 0.25) is 0 Å². The molecule has 2 heterocycles. The number of nitrogens with one attached hydrogen (secondary N) is 2. The van der Waals surface area contributed by atoms with Gasteiger partial charge in [-0.3, -0.25) is 4.98 Å². The highest BCUT2D eigenvalue weighted by atomic mass is 14.9. The minimum absolute atomic E-state index is 0.781. The number of rotatable bonds is 5. The van der Waals surface area contributed by atoms with Gasteiger partial charge in [-0.25, -0.2) is 4.98 Å². The van der Waals surface area contributed by atoms with Crippen LogP contribution in [-0.4, -0.2) is 17.0 Å². The van der Waals surface area contributed by atoms with Crippen molar-refractivity contribution in [3.05, 3.63) is 72.7 Å². The lowest BCUT2D eigenvalue weighted by molar-refractivity contribution is 1.14. The maximum atomic E-state index is 4.34. The highest BCUT2D eigenvalue weighted by Crippen LogP contribution is 2.22. The Morgan fingerprint density at radius 3 is 2.50 bits per heavy atom. The first-order valence-corrected chi connectivity index (χ1v) is 7.22. The quantitative estimate of drug-likeness (QED) is 0.750. The summed E-state index contributed by atoms with van der Waals surface area (Å²) in [6.45, 7) is 0.781. The summed E-state index contributed by atoms with van der Waals surface area (Å²) in [5.41, 5.74) is 4.34. The van der Waals surface area contributed by atoms with E-state index in [1.165, 1.54) is 5.56 Å². The summed E-state index contributed by atoms with van der Waals surface area (Å²) in [6, 6.07) is 16.4. The van der Waals surface area contributed by atoms with Gasteiger partial charge in [-0.1, -0.05) is 30.3 Å². The number of aromatic nitrogens is 2. The van der Waals surface area contributed by atoms with Gasteiger partial charge in [-0.15, -0.1) is 0 Å². The molecule has 3 rings (SSSR count). The van der Waals surface area contributed by atoms with Gasteiger partial charge in [0.1, 0.15) is 5.82 Å². The largest absolute Gasteiger partial charge is 0.380 e. The molecule has 4 nitrogen and oxygen atoms in total. The fourth-order valence-corrected chi connectivity index (χ4v) is 2.21. The number of pyridine rings is 2. The van der Waals surface area contributed by atoms with E-state index < -0.39 is 0 Å². The third kappa shape index (κ3) is 3.41. The number of anilines is 2. The summed E-state index contributed by atoms with van der Waals surface area (Å²) >= 11 is 0.